The lowest BCUT2D eigenvalue weighted by atomic mass is 9.63. The van der Waals surface area contributed by atoms with Gasteiger partial charge in [0.1, 0.15) is 5.82 Å². The molecule has 1 heterocycles. The van der Waals surface area contributed by atoms with Crippen LogP contribution in [0.1, 0.15) is 5.56 Å². The molecule has 1 aliphatic rings. The number of benzene rings is 3. The van der Waals surface area contributed by atoms with Gasteiger partial charge >= 0.3 is 0 Å². The van der Waals surface area contributed by atoms with Gasteiger partial charge in [0.15, 0.2) is 0 Å². The van der Waals surface area contributed by atoms with Crippen molar-refractivity contribution in [2.24, 2.45) is 0 Å². The van der Waals surface area contributed by atoms with Crippen LogP contribution in [0, 0.1) is 12.7 Å². The van der Waals surface area contributed by atoms with Crippen LogP contribution in [0.25, 0.3) is 0 Å². The number of nitrogens with zero attached hydrogens (tertiary/aromatic N) is 2. The van der Waals surface area contributed by atoms with Crippen LogP contribution in [0.4, 0.5) is 15.8 Å². The van der Waals surface area contributed by atoms with E-state index in [0.717, 1.165) is 26.2 Å². The van der Waals surface area contributed by atoms with E-state index in [4.69, 9.17) is 0 Å². The van der Waals surface area contributed by atoms with Crippen LogP contribution < -0.4 is 20.8 Å². The van der Waals surface area contributed by atoms with Crippen LogP contribution in [-0.2, 0) is 0 Å². The van der Waals surface area contributed by atoms with Gasteiger partial charge in [-0.05, 0) is 43.3 Å². The molecule has 2 nitrogen and oxygen atoms in total. The molecule has 0 fully saturated rings. The van der Waals surface area contributed by atoms with Gasteiger partial charge in [-0.1, -0.05) is 52.9 Å². The lowest BCUT2D eigenvalue weighted by Gasteiger charge is -2.42. The average Bonchev–Trinajstić information content (AvgIpc) is 2.62. The van der Waals surface area contributed by atoms with E-state index in [1.807, 2.05) is 12.1 Å². The van der Waals surface area contributed by atoms with Crippen molar-refractivity contribution in [2.75, 3.05) is 9.84 Å². The molecular weight excluding hydrogens is 297 g/mol. The van der Waals surface area contributed by atoms with Gasteiger partial charge < -0.3 is 9.84 Å². The summed E-state index contributed by atoms with van der Waals surface area (Å²) in [7, 11) is 1.58. The standard InChI is InChI=1S/C19H17B2FN2/c1-14-6-10-16(11-7-14)23-20-18-4-2-3-5-19(18)21-24(23)17-12-8-15(22)9-13-17/h2-13,20-21H,1H3. The van der Waals surface area contributed by atoms with Crippen LogP contribution in [0.2, 0.25) is 0 Å². The number of hydrogen-bond acceptors (Lipinski definition) is 2. The first-order chi connectivity index (χ1) is 11.7. The Morgan fingerprint density at radius 1 is 0.667 bits per heavy atom. The van der Waals surface area contributed by atoms with E-state index in [2.05, 4.69) is 65.3 Å². The molecule has 24 heavy (non-hydrogen) atoms. The van der Waals surface area contributed by atoms with Crippen molar-refractivity contribution in [3.63, 3.8) is 0 Å². The molecule has 0 atom stereocenters. The number of rotatable bonds is 2. The summed E-state index contributed by atoms with van der Waals surface area (Å²) >= 11 is 0. The number of aryl methyl sites for hydroxylation is 1. The molecule has 0 spiro atoms. The summed E-state index contributed by atoms with van der Waals surface area (Å²) in [4.78, 5) is 4.47. The van der Waals surface area contributed by atoms with Crippen molar-refractivity contribution >= 4 is 37.1 Å². The fourth-order valence-electron chi connectivity index (χ4n) is 3.15. The Labute approximate surface area is 143 Å². The van der Waals surface area contributed by atoms with E-state index >= 15 is 0 Å². The normalized spacial score (nSPS) is 13.1. The van der Waals surface area contributed by atoms with Crippen molar-refractivity contribution in [2.45, 2.75) is 6.92 Å². The summed E-state index contributed by atoms with van der Waals surface area (Å²) in [5.74, 6) is -0.210. The molecule has 0 aromatic heterocycles. The van der Waals surface area contributed by atoms with Crippen molar-refractivity contribution in [1.29, 1.82) is 0 Å². The topological polar surface area (TPSA) is 6.48 Å². The van der Waals surface area contributed by atoms with Gasteiger partial charge in [-0.2, -0.15) is 0 Å². The first-order valence-corrected chi connectivity index (χ1v) is 8.15. The largest absolute Gasteiger partial charge is 0.341 e. The molecule has 3 aromatic carbocycles. The molecule has 0 unspecified atom stereocenters. The lowest BCUT2D eigenvalue weighted by molar-refractivity contribution is 0.628. The molecule has 0 bridgehead atoms. The fraction of sp³-hybridized carbons (Fsp3) is 0.0526. The molecule has 116 valence electrons. The van der Waals surface area contributed by atoms with Crippen molar-refractivity contribution < 1.29 is 4.39 Å². The molecule has 0 N–H and O–H groups in total. The molecule has 0 amide bonds. The smallest absolute Gasteiger partial charge is 0.294 e. The number of fused-ring (bicyclic) bond motifs is 1. The number of anilines is 2. The molecule has 1 aliphatic heterocycles. The second-order valence-corrected chi connectivity index (χ2v) is 6.20. The SMILES string of the molecule is Cc1ccc(N2Bc3ccccc3BN2c2ccc(F)cc2)cc1. The third kappa shape index (κ3) is 2.78. The number of hydrogen-bond donors (Lipinski definition) is 0. The van der Waals surface area contributed by atoms with E-state index < -0.39 is 0 Å². The van der Waals surface area contributed by atoms with Crippen LogP contribution >= 0.6 is 0 Å². The summed E-state index contributed by atoms with van der Waals surface area (Å²) in [6, 6.07) is 23.7. The molecule has 3 aromatic rings. The Kier molecular flexibility index (Phi) is 3.77. The molecule has 0 saturated heterocycles. The average molecular weight is 314 g/mol. The van der Waals surface area contributed by atoms with Crippen molar-refractivity contribution in [3.05, 3.63) is 84.2 Å². The number of halogens is 1. The number of hydrazine groups is 1. The van der Waals surface area contributed by atoms with Crippen molar-refractivity contribution in [3.8, 4) is 0 Å². The monoisotopic (exact) mass is 314 g/mol. The minimum atomic E-state index is -0.210. The zero-order valence-corrected chi connectivity index (χ0v) is 13.6. The quantitative estimate of drug-likeness (QED) is 0.668. The van der Waals surface area contributed by atoms with E-state index in [-0.39, 0.29) is 5.82 Å². The van der Waals surface area contributed by atoms with Crippen LogP contribution in [0.15, 0.2) is 72.8 Å². The summed E-state index contributed by atoms with van der Waals surface area (Å²) < 4.78 is 13.3. The molecule has 5 heteroatoms. The predicted molar refractivity (Wildman–Crippen MR) is 103 cm³/mol. The highest BCUT2D eigenvalue weighted by Crippen LogP contribution is 2.23. The predicted octanol–water partition coefficient (Wildman–Crippen LogP) is 2.03. The summed E-state index contributed by atoms with van der Waals surface area (Å²) in [5, 5.41) is 0. The zero-order chi connectivity index (χ0) is 16.5. The van der Waals surface area contributed by atoms with Gasteiger partial charge in [-0.3, -0.25) is 0 Å². The van der Waals surface area contributed by atoms with Crippen LogP contribution in [-0.4, -0.2) is 14.8 Å². The van der Waals surface area contributed by atoms with E-state index in [9.17, 15) is 4.39 Å². The third-order valence-electron chi connectivity index (χ3n) is 4.51. The Bertz CT molecular complexity index is 778. The molecule has 0 radical (unpaired) electrons. The summed E-state index contributed by atoms with van der Waals surface area (Å²) in [5.41, 5.74) is 6.01. The zero-order valence-electron chi connectivity index (χ0n) is 13.6. The van der Waals surface area contributed by atoms with Crippen LogP contribution in [0.3, 0.4) is 0 Å². The maximum Gasteiger partial charge on any atom is 0.294 e. The molecular formula is C19H17B2FN2. The lowest BCUT2D eigenvalue weighted by Crippen LogP contribution is -2.63. The fourth-order valence-corrected chi connectivity index (χ4v) is 3.15. The van der Waals surface area contributed by atoms with Crippen LogP contribution in [0.5, 0.6) is 0 Å². The van der Waals surface area contributed by atoms with E-state index in [1.165, 1.54) is 28.6 Å². The van der Waals surface area contributed by atoms with Gasteiger partial charge in [0.2, 0.25) is 0 Å². The van der Waals surface area contributed by atoms with E-state index in [0.29, 0.717) is 0 Å². The van der Waals surface area contributed by atoms with Gasteiger partial charge in [0.05, 0.1) is 0 Å². The maximum atomic E-state index is 13.3. The summed E-state index contributed by atoms with van der Waals surface area (Å²) in [6.45, 7) is 2.09. The highest BCUT2D eigenvalue weighted by Gasteiger charge is 2.26. The van der Waals surface area contributed by atoms with Gasteiger partial charge in [0, 0.05) is 11.4 Å². The first kappa shape index (κ1) is 14.9. The Hall–Kier alpha value is -2.68. The highest BCUT2D eigenvalue weighted by atomic mass is 19.1. The van der Waals surface area contributed by atoms with E-state index in [1.54, 1.807) is 0 Å². The highest BCUT2D eigenvalue weighted by molar-refractivity contribution is 6.76. The van der Waals surface area contributed by atoms with Crippen molar-refractivity contribution in [1.82, 2.24) is 0 Å². The Morgan fingerprint density at radius 3 is 1.62 bits per heavy atom. The molecule has 4 rings (SSSR count). The minimum Gasteiger partial charge on any atom is -0.341 e. The first-order valence-electron chi connectivity index (χ1n) is 8.15. The van der Waals surface area contributed by atoms with Gasteiger partial charge in [-0.25, -0.2) is 4.39 Å². The Morgan fingerprint density at radius 2 is 1.12 bits per heavy atom. The Balaban J connectivity index is 1.78. The van der Waals surface area contributed by atoms with Gasteiger partial charge in [0.25, 0.3) is 14.8 Å². The molecule has 0 aliphatic carbocycles. The second kappa shape index (κ2) is 6.08. The summed E-state index contributed by atoms with van der Waals surface area (Å²) in [6.07, 6.45) is 0. The minimum absolute atomic E-state index is 0.210. The second-order valence-electron chi connectivity index (χ2n) is 6.20. The molecule has 0 saturated carbocycles. The third-order valence-corrected chi connectivity index (χ3v) is 4.51. The maximum absolute atomic E-state index is 13.3. The van der Waals surface area contributed by atoms with Gasteiger partial charge in [-0.15, -0.1) is 0 Å².